The second-order valence-corrected chi connectivity index (χ2v) is 10.1. The van der Waals surface area contributed by atoms with Crippen molar-refractivity contribution in [3.63, 3.8) is 0 Å². The first-order valence-electron chi connectivity index (χ1n) is 11.7. The summed E-state index contributed by atoms with van der Waals surface area (Å²) >= 11 is 12.3. The molecule has 3 aromatic carbocycles. The van der Waals surface area contributed by atoms with Crippen molar-refractivity contribution in [2.75, 3.05) is 23.9 Å². The molecule has 2 N–H and O–H groups in total. The van der Waals surface area contributed by atoms with Crippen molar-refractivity contribution in [3.8, 4) is 5.75 Å². The monoisotopic (exact) mass is 542 g/mol. The molecule has 37 heavy (non-hydrogen) atoms. The minimum atomic E-state index is -1.06. The number of carbonyl (C=O) groups is 2. The summed E-state index contributed by atoms with van der Waals surface area (Å²) in [4.78, 5) is 30.0. The third kappa shape index (κ3) is 5.61. The third-order valence-corrected chi connectivity index (χ3v) is 6.86. The first-order chi connectivity index (χ1) is 17.6. The van der Waals surface area contributed by atoms with Crippen molar-refractivity contribution in [1.82, 2.24) is 9.96 Å². The molecule has 10 heteroatoms. The number of hydrogen-bond donors (Lipinski definition) is 2. The number of urea groups is 2. The lowest BCUT2D eigenvalue weighted by Crippen LogP contribution is -2.58. The number of anilines is 2. The Morgan fingerprint density at radius 1 is 1.05 bits per heavy atom. The number of benzene rings is 3. The smallest absolute Gasteiger partial charge is 0.347 e. The van der Waals surface area contributed by atoms with Crippen molar-refractivity contribution in [2.45, 2.75) is 32.0 Å². The average molecular weight is 543 g/mol. The Morgan fingerprint density at radius 2 is 1.70 bits per heavy atom. The van der Waals surface area contributed by atoms with Crippen LogP contribution in [0.2, 0.25) is 10.0 Å². The first kappa shape index (κ1) is 26.6. The molecule has 0 aromatic heterocycles. The maximum Gasteiger partial charge on any atom is 0.347 e. The van der Waals surface area contributed by atoms with Crippen LogP contribution >= 0.6 is 23.2 Å². The predicted molar refractivity (Wildman–Crippen MR) is 145 cm³/mol. The van der Waals surface area contributed by atoms with Crippen LogP contribution in [0, 0.1) is 0 Å². The van der Waals surface area contributed by atoms with Crippen LogP contribution in [-0.2, 0) is 6.42 Å². The van der Waals surface area contributed by atoms with E-state index in [2.05, 4.69) is 5.32 Å². The number of methoxy groups -OCH3 is 1. The van der Waals surface area contributed by atoms with Gasteiger partial charge in [-0.25, -0.2) is 9.59 Å². The molecule has 1 saturated heterocycles. The molecule has 1 aliphatic heterocycles. The quantitative estimate of drug-likeness (QED) is 0.263. The Bertz CT molecular complexity index is 1290. The Kier molecular flexibility index (Phi) is 7.82. The van der Waals surface area contributed by atoms with Crippen LogP contribution < -0.4 is 15.0 Å². The van der Waals surface area contributed by atoms with E-state index in [4.69, 9.17) is 27.9 Å². The summed E-state index contributed by atoms with van der Waals surface area (Å²) in [5.74, 6) is 0.746. The van der Waals surface area contributed by atoms with Crippen molar-refractivity contribution >= 4 is 46.6 Å². The van der Waals surface area contributed by atoms with Crippen LogP contribution in [-0.4, -0.2) is 52.6 Å². The number of amides is 4. The molecule has 4 rings (SSSR count). The summed E-state index contributed by atoms with van der Waals surface area (Å²) in [6.45, 7) is 3.98. The van der Waals surface area contributed by atoms with E-state index >= 15 is 0 Å². The number of nitrogens with one attached hydrogen (secondary N) is 1. The highest BCUT2D eigenvalue weighted by Gasteiger charge is 2.55. The molecule has 0 radical (unpaired) electrons. The molecule has 1 fully saturated rings. The number of ether oxygens (including phenoxy) is 1. The molecule has 4 amide bonds. The van der Waals surface area contributed by atoms with Gasteiger partial charge in [0.05, 0.1) is 12.6 Å². The molecule has 3 aromatic rings. The van der Waals surface area contributed by atoms with E-state index in [1.54, 1.807) is 60.5 Å². The highest BCUT2D eigenvalue weighted by atomic mass is 35.5. The number of halogens is 2. The molecule has 1 atom stereocenters. The number of hydrogen-bond acceptors (Lipinski definition) is 4. The van der Waals surface area contributed by atoms with E-state index in [0.29, 0.717) is 39.4 Å². The zero-order valence-corrected chi connectivity index (χ0v) is 22.2. The summed E-state index contributed by atoms with van der Waals surface area (Å²) < 4.78 is 5.22. The van der Waals surface area contributed by atoms with Crippen molar-refractivity contribution in [2.24, 2.45) is 0 Å². The lowest BCUT2D eigenvalue weighted by atomic mass is 9.99. The van der Waals surface area contributed by atoms with Gasteiger partial charge in [0.25, 0.3) is 0 Å². The van der Waals surface area contributed by atoms with Gasteiger partial charge in [0, 0.05) is 28.0 Å². The van der Waals surface area contributed by atoms with Gasteiger partial charge in [-0.3, -0.25) is 10.1 Å². The Hall–Kier alpha value is -3.46. The molecule has 0 aliphatic carbocycles. The van der Waals surface area contributed by atoms with Crippen molar-refractivity contribution in [1.29, 1.82) is 0 Å². The van der Waals surface area contributed by atoms with E-state index in [1.807, 2.05) is 38.1 Å². The zero-order chi connectivity index (χ0) is 26.7. The molecular weight excluding hydrogens is 515 g/mol. The van der Waals surface area contributed by atoms with E-state index in [1.165, 1.54) is 4.90 Å². The van der Waals surface area contributed by atoms with Gasteiger partial charge in [-0.15, -0.1) is 0 Å². The number of nitrogens with zero attached hydrogens (tertiary/aromatic N) is 3. The Labute approximate surface area is 225 Å². The largest absolute Gasteiger partial charge is 0.497 e. The van der Waals surface area contributed by atoms with Gasteiger partial charge in [0.1, 0.15) is 5.75 Å². The molecule has 0 spiro atoms. The van der Waals surface area contributed by atoms with Crippen LogP contribution in [0.4, 0.5) is 21.0 Å². The van der Waals surface area contributed by atoms with E-state index in [-0.39, 0.29) is 6.03 Å². The standard InChI is InChI=1S/C27H28Cl2N4O4/c1-27(2)24(33(36)25(34)30-21-8-4-6-19(28)16-21)32(22-9-5-7-20(29)17-22)26(35)31(27)15-14-18-10-12-23(37-3)13-11-18/h4-13,16-17,24,36H,14-15H2,1-3H3,(H,30,34)/t24-/m0/s1. The molecule has 194 valence electrons. The van der Waals surface area contributed by atoms with E-state index < -0.39 is 17.7 Å². The summed E-state index contributed by atoms with van der Waals surface area (Å²) in [5, 5.41) is 15.2. The first-order valence-corrected chi connectivity index (χ1v) is 12.4. The molecular formula is C27H28Cl2N4O4. The minimum Gasteiger partial charge on any atom is -0.497 e. The summed E-state index contributed by atoms with van der Waals surface area (Å²) in [6, 6.07) is 19.7. The molecule has 1 heterocycles. The maximum atomic E-state index is 13.8. The molecule has 8 nitrogen and oxygen atoms in total. The molecule has 0 bridgehead atoms. The predicted octanol–water partition coefficient (Wildman–Crippen LogP) is 6.51. The fourth-order valence-corrected chi connectivity index (χ4v) is 4.87. The topological polar surface area (TPSA) is 85.3 Å². The van der Waals surface area contributed by atoms with Gasteiger partial charge in [-0.1, -0.05) is 47.5 Å². The van der Waals surface area contributed by atoms with Gasteiger partial charge in [-0.2, -0.15) is 5.06 Å². The second-order valence-electron chi connectivity index (χ2n) is 9.19. The van der Waals surface area contributed by atoms with E-state index in [0.717, 1.165) is 11.3 Å². The normalized spacial score (nSPS) is 16.6. The van der Waals surface area contributed by atoms with Gasteiger partial charge in [0.2, 0.25) is 0 Å². The highest BCUT2D eigenvalue weighted by molar-refractivity contribution is 6.31. The van der Waals surface area contributed by atoms with Gasteiger partial charge >= 0.3 is 12.1 Å². The minimum absolute atomic E-state index is 0.357. The number of carbonyl (C=O) groups excluding carboxylic acids is 2. The summed E-state index contributed by atoms with van der Waals surface area (Å²) in [5.41, 5.74) is 0.898. The van der Waals surface area contributed by atoms with E-state index in [9.17, 15) is 14.8 Å². The molecule has 0 saturated carbocycles. The van der Waals surface area contributed by atoms with Crippen molar-refractivity contribution < 1.29 is 19.5 Å². The van der Waals surface area contributed by atoms with Crippen molar-refractivity contribution in [3.05, 3.63) is 88.4 Å². The third-order valence-electron chi connectivity index (χ3n) is 6.39. The van der Waals surface area contributed by atoms with Crippen LogP contribution in [0.25, 0.3) is 0 Å². The second kappa shape index (κ2) is 10.9. The Morgan fingerprint density at radius 3 is 2.32 bits per heavy atom. The Balaban J connectivity index is 1.64. The highest BCUT2D eigenvalue weighted by Crippen LogP contribution is 2.38. The fourth-order valence-electron chi connectivity index (χ4n) is 4.50. The lowest BCUT2D eigenvalue weighted by molar-refractivity contribution is -0.0947. The van der Waals surface area contributed by atoms with Crippen LogP contribution in [0.15, 0.2) is 72.8 Å². The fraction of sp³-hybridized carbons (Fsp3) is 0.259. The molecule has 1 aliphatic rings. The molecule has 0 unspecified atom stereocenters. The van der Waals surface area contributed by atoms with Gasteiger partial charge in [0.15, 0.2) is 6.17 Å². The number of hydroxylamine groups is 2. The maximum absolute atomic E-state index is 13.8. The summed E-state index contributed by atoms with van der Waals surface area (Å²) in [7, 11) is 1.61. The van der Waals surface area contributed by atoms with Crippen LogP contribution in [0.5, 0.6) is 5.75 Å². The van der Waals surface area contributed by atoms with Crippen LogP contribution in [0.1, 0.15) is 19.4 Å². The summed E-state index contributed by atoms with van der Waals surface area (Å²) in [6.07, 6.45) is -0.497. The number of rotatable bonds is 7. The van der Waals surface area contributed by atoms with Crippen LogP contribution in [0.3, 0.4) is 0 Å². The average Bonchev–Trinajstić information content (AvgIpc) is 3.07. The SMILES string of the molecule is COc1ccc(CCN2C(=O)N(c3cccc(Cl)c3)[C@@H](N(O)C(=O)Nc3cccc(Cl)c3)C2(C)C)cc1. The zero-order valence-electron chi connectivity index (χ0n) is 20.7. The lowest BCUT2D eigenvalue weighted by Gasteiger charge is -2.38. The van der Waals surface area contributed by atoms with Gasteiger partial charge in [-0.05, 0) is 74.4 Å². The van der Waals surface area contributed by atoms with Gasteiger partial charge < -0.3 is 15.0 Å².